The summed E-state index contributed by atoms with van der Waals surface area (Å²) in [6.07, 6.45) is 5.33. The number of carboxylic acid groups (broad SMARTS) is 1. The zero-order valence-corrected chi connectivity index (χ0v) is 13.8. The summed E-state index contributed by atoms with van der Waals surface area (Å²) in [4.78, 5) is 25.2. The Hall–Kier alpha value is -1.49. The molecule has 1 saturated heterocycles. The van der Waals surface area contributed by atoms with Crippen LogP contribution in [0.2, 0.25) is 0 Å². The summed E-state index contributed by atoms with van der Waals surface area (Å²) in [5.74, 6) is 0.731. The smallest absolute Gasteiger partial charge is 0.335 e. The maximum Gasteiger partial charge on any atom is 0.335 e. The summed E-state index contributed by atoms with van der Waals surface area (Å²) < 4.78 is 0. The molecule has 1 aliphatic rings. The van der Waals surface area contributed by atoms with E-state index >= 15 is 0 Å². The van der Waals surface area contributed by atoms with Crippen LogP contribution in [0, 0.1) is 5.92 Å². The number of carboxylic acids is 1. The quantitative estimate of drug-likeness (QED) is 0.875. The first-order chi connectivity index (χ1) is 10.6. The number of benzene rings is 1. The lowest BCUT2D eigenvalue weighted by molar-refractivity contribution is -0.132. The average molecular weight is 321 g/mol. The van der Waals surface area contributed by atoms with E-state index in [4.69, 9.17) is 0 Å². The van der Waals surface area contributed by atoms with E-state index in [1.54, 1.807) is 23.9 Å². The van der Waals surface area contributed by atoms with Gasteiger partial charge in [-0.25, -0.2) is 4.79 Å². The fourth-order valence-electron chi connectivity index (χ4n) is 2.95. The van der Waals surface area contributed by atoms with Crippen LogP contribution in [0.1, 0.15) is 35.2 Å². The highest BCUT2D eigenvalue weighted by atomic mass is 32.2. The molecule has 120 valence electrons. The lowest BCUT2D eigenvalue weighted by Crippen LogP contribution is -2.39. The van der Waals surface area contributed by atoms with Crippen LogP contribution in [0.25, 0.3) is 0 Å². The molecule has 4 nitrogen and oxygen atoms in total. The predicted molar refractivity (Wildman–Crippen MR) is 89.4 cm³/mol. The molecule has 2 rings (SSSR count). The fraction of sp³-hybridized carbons (Fsp3) is 0.529. The van der Waals surface area contributed by atoms with Crippen LogP contribution in [0.4, 0.5) is 0 Å². The molecule has 1 amide bonds. The fourth-order valence-corrected chi connectivity index (χ4v) is 3.33. The molecule has 1 heterocycles. The van der Waals surface area contributed by atoms with Gasteiger partial charge in [-0.3, -0.25) is 4.79 Å². The van der Waals surface area contributed by atoms with Gasteiger partial charge < -0.3 is 10.0 Å². The maximum atomic E-state index is 12.0. The molecule has 1 fully saturated rings. The van der Waals surface area contributed by atoms with E-state index in [1.807, 2.05) is 23.3 Å². The Kier molecular flexibility index (Phi) is 6.31. The molecule has 0 radical (unpaired) electrons. The maximum absolute atomic E-state index is 12.0. The summed E-state index contributed by atoms with van der Waals surface area (Å²) in [6.45, 7) is 1.60. The molecule has 1 N–H and O–H groups in total. The van der Waals surface area contributed by atoms with E-state index in [0.29, 0.717) is 17.9 Å². The highest BCUT2D eigenvalue weighted by molar-refractivity contribution is 7.98. The van der Waals surface area contributed by atoms with Crippen molar-refractivity contribution < 1.29 is 14.7 Å². The zero-order valence-electron chi connectivity index (χ0n) is 13.0. The third kappa shape index (κ3) is 4.50. The SMILES string of the molecule is CSCCC(=O)N1CCC(Cc2ccccc2C(=O)O)CC1. The number of rotatable bonds is 6. The number of hydrogen-bond acceptors (Lipinski definition) is 3. The second-order valence-corrected chi connectivity index (χ2v) is 6.72. The van der Waals surface area contributed by atoms with Gasteiger partial charge in [-0.05, 0) is 43.1 Å². The molecule has 1 aliphatic heterocycles. The molecule has 0 spiro atoms. The first kappa shape index (κ1) is 16.9. The largest absolute Gasteiger partial charge is 0.478 e. The third-order valence-corrected chi connectivity index (χ3v) is 4.86. The zero-order chi connectivity index (χ0) is 15.9. The van der Waals surface area contributed by atoms with Crippen LogP contribution in [-0.4, -0.2) is 47.0 Å². The highest BCUT2D eigenvalue weighted by Gasteiger charge is 2.23. The van der Waals surface area contributed by atoms with Gasteiger partial charge >= 0.3 is 5.97 Å². The number of carbonyl (C=O) groups excluding carboxylic acids is 1. The van der Waals surface area contributed by atoms with Crippen molar-refractivity contribution in [2.75, 3.05) is 25.1 Å². The van der Waals surface area contributed by atoms with Crippen molar-refractivity contribution in [2.45, 2.75) is 25.7 Å². The number of aromatic carboxylic acids is 1. The van der Waals surface area contributed by atoms with E-state index in [9.17, 15) is 14.7 Å². The molecule has 1 aromatic carbocycles. The van der Waals surface area contributed by atoms with Gasteiger partial charge in [0.15, 0.2) is 0 Å². The molecular weight excluding hydrogens is 298 g/mol. The summed E-state index contributed by atoms with van der Waals surface area (Å²) in [5.41, 5.74) is 1.31. The molecular formula is C17H23NO3S. The van der Waals surface area contributed by atoms with Gasteiger partial charge in [0.1, 0.15) is 0 Å². The minimum Gasteiger partial charge on any atom is -0.478 e. The Labute approximate surface area is 135 Å². The summed E-state index contributed by atoms with van der Waals surface area (Å²) in [7, 11) is 0. The molecule has 0 saturated carbocycles. The Morgan fingerprint density at radius 2 is 1.95 bits per heavy atom. The first-order valence-corrected chi connectivity index (χ1v) is 9.09. The Balaban J connectivity index is 1.88. The van der Waals surface area contributed by atoms with Gasteiger partial charge in [-0.15, -0.1) is 0 Å². The minimum atomic E-state index is -0.861. The van der Waals surface area contributed by atoms with Crippen molar-refractivity contribution >= 4 is 23.6 Å². The number of thioether (sulfide) groups is 1. The Bertz CT molecular complexity index is 524. The standard InChI is InChI=1S/C17H23NO3S/c1-22-11-8-16(19)18-9-6-13(7-10-18)12-14-4-2-3-5-15(14)17(20)21/h2-5,13H,6-12H2,1H3,(H,20,21). The second-order valence-electron chi connectivity index (χ2n) is 5.73. The van der Waals surface area contributed by atoms with Crippen LogP contribution in [-0.2, 0) is 11.2 Å². The van der Waals surface area contributed by atoms with Crippen molar-refractivity contribution in [2.24, 2.45) is 5.92 Å². The number of carbonyl (C=O) groups is 2. The summed E-state index contributed by atoms with van der Waals surface area (Å²) >= 11 is 1.70. The number of amides is 1. The highest BCUT2D eigenvalue weighted by Crippen LogP contribution is 2.24. The van der Waals surface area contributed by atoms with E-state index in [-0.39, 0.29) is 5.91 Å². The molecule has 0 unspecified atom stereocenters. The van der Waals surface area contributed by atoms with Gasteiger partial charge in [0.05, 0.1) is 5.56 Å². The van der Waals surface area contributed by atoms with Crippen LogP contribution in [0.3, 0.4) is 0 Å². The van der Waals surface area contributed by atoms with Gasteiger partial charge in [0.2, 0.25) is 5.91 Å². The number of likely N-dealkylation sites (tertiary alicyclic amines) is 1. The van der Waals surface area contributed by atoms with Crippen molar-refractivity contribution in [3.63, 3.8) is 0 Å². The van der Waals surface area contributed by atoms with E-state index in [2.05, 4.69) is 0 Å². The van der Waals surface area contributed by atoms with Gasteiger partial charge in [-0.1, -0.05) is 18.2 Å². The summed E-state index contributed by atoms with van der Waals surface area (Å²) in [6, 6.07) is 7.22. The molecule has 1 aromatic rings. The third-order valence-electron chi connectivity index (χ3n) is 4.24. The topological polar surface area (TPSA) is 57.6 Å². The predicted octanol–water partition coefficient (Wildman–Crippen LogP) is 2.92. The van der Waals surface area contributed by atoms with Gasteiger partial charge in [-0.2, -0.15) is 11.8 Å². The molecule has 5 heteroatoms. The number of piperidine rings is 1. The normalized spacial score (nSPS) is 15.8. The lowest BCUT2D eigenvalue weighted by Gasteiger charge is -2.32. The molecule has 22 heavy (non-hydrogen) atoms. The minimum absolute atomic E-state index is 0.249. The van der Waals surface area contributed by atoms with Gasteiger partial charge in [0, 0.05) is 25.3 Å². The molecule has 0 aliphatic carbocycles. The van der Waals surface area contributed by atoms with Gasteiger partial charge in [0.25, 0.3) is 0 Å². The Morgan fingerprint density at radius 1 is 1.27 bits per heavy atom. The number of nitrogens with zero attached hydrogens (tertiary/aromatic N) is 1. The van der Waals surface area contributed by atoms with Crippen molar-refractivity contribution in [1.29, 1.82) is 0 Å². The van der Waals surface area contributed by atoms with Crippen LogP contribution < -0.4 is 0 Å². The van der Waals surface area contributed by atoms with Crippen LogP contribution >= 0.6 is 11.8 Å². The second kappa shape index (κ2) is 8.22. The average Bonchev–Trinajstić information content (AvgIpc) is 2.53. The molecule has 0 bridgehead atoms. The molecule has 0 atom stereocenters. The van der Waals surface area contributed by atoms with E-state index in [0.717, 1.165) is 43.7 Å². The molecule has 0 aromatic heterocycles. The first-order valence-electron chi connectivity index (χ1n) is 7.69. The van der Waals surface area contributed by atoms with E-state index in [1.165, 1.54) is 0 Å². The van der Waals surface area contributed by atoms with Crippen LogP contribution in [0.5, 0.6) is 0 Å². The monoisotopic (exact) mass is 321 g/mol. The summed E-state index contributed by atoms with van der Waals surface area (Å²) in [5, 5.41) is 9.24. The number of hydrogen-bond donors (Lipinski definition) is 1. The van der Waals surface area contributed by atoms with Crippen molar-refractivity contribution in [1.82, 2.24) is 4.90 Å². The van der Waals surface area contributed by atoms with Crippen LogP contribution in [0.15, 0.2) is 24.3 Å². The van der Waals surface area contributed by atoms with Crippen molar-refractivity contribution in [3.8, 4) is 0 Å². The van der Waals surface area contributed by atoms with Crippen molar-refractivity contribution in [3.05, 3.63) is 35.4 Å². The lowest BCUT2D eigenvalue weighted by atomic mass is 9.88. The van der Waals surface area contributed by atoms with E-state index < -0.39 is 5.97 Å². The Morgan fingerprint density at radius 3 is 2.59 bits per heavy atom.